The molecule has 0 unspecified atom stereocenters. The van der Waals surface area contributed by atoms with Gasteiger partial charge in [-0.05, 0) is 29.8 Å². The van der Waals surface area contributed by atoms with Gasteiger partial charge in [0, 0.05) is 29.0 Å². The largest absolute Gasteiger partial charge is 0.481 e. The molecule has 0 atom stereocenters. The summed E-state index contributed by atoms with van der Waals surface area (Å²) >= 11 is 3.35. The zero-order valence-electron chi connectivity index (χ0n) is 11.6. The molecule has 2 rings (SSSR count). The zero-order valence-corrected chi connectivity index (χ0v) is 13.2. The van der Waals surface area contributed by atoms with E-state index in [-0.39, 0.29) is 12.5 Å². The number of methoxy groups -OCH3 is 1. The molecular weight excluding hydrogens is 334 g/mol. The highest BCUT2D eigenvalue weighted by atomic mass is 79.9. The van der Waals surface area contributed by atoms with Gasteiger partial charge in [-0.15, -0.1) is 0 Å². The molecule has 0 aliphatic rings. The van der Waals surface area contributed by atoms with Gasteiger partial charge >= 0.3 is 0 Å². The summed E-state index contributed by atoms with van der Waals surface area (Å²) in [4.78, 5) is 15.9. The van der Waals surface area contributed by atoms with E-state index in [4.69, 9.17) is 4.74 Å². The molecule has 1 aromatic carbocycles. The average Bonchev–Trinajstić information content (AvgIpc) is 2.50. The van der Waals surface area contributed by atoms with Crippen LogP contribution in [0.15, 0.2) is 47.1 Å². The molecule has 0 saturated carbocycles. The third-order valence-electron chi connectivity index (χ3n) is 2.75. The summed E-state index contributed by atoms with van der Waals surface area (Å²) < 4.78 is 5.97. The van der Waals surface area contributed by atoms with Crippen LogP contribution in [-0.4, -0.2) is 24.5 Å². The molecule has 0 bridgehead atoms. The number of benzene rings is 1. The highest BCUT2D eigenvalue weighted by molar-refractivity contribution is 9.10. The fraction of sp³-hybridized carbons (Fsp3) is 0.200. The number of nitrogens with zero attached hydrogens (tertiary/aromatic N) is 1. The second kappa shape index (κ2) is 7.75. The van der Waals surface area contributed by atoms with E-state index in [9.17, 15) is 4.79 Å². The summed E-state index contributed by atoms with van der Waals surface area (Å²) in [5, 5.41) is 5.88. The minimum atomic E-state index is -0.0845. The lowest BCUT2D eigenvalue weighted by Crippen LogP contribution is -2.27. The van der Waals surface area contributed by atoms with E-state index in [2.05, 4.69) is 31.5 Å². The van der Waals surface area contributed by atoms with Gasteiger partial charge < -0.3 is 15.4 Å². The maximum Gasteiger partial charge on any atom is 0.238 e. The Balaban J connectivity index is 1.74. The summed E-state index contributed by atoms with van der Waals surface area (Å²) in [6.45, 7) is 0.812. The molecule has 2 N–H and O–H groups in total. The Hall–Kier alpha value is -1.92. The monoisotopic (exact) mass is 349 g/mol. The summed E-state index contributed by atoms with van der Waals surface area (Å²) in [5.41, 5.74) is 1.77. The number of pyridine rings is 1. The van der Waals surface area contributed by atoms with Crippen molar-refractivity contribution in [3.05, 3.63) is 52.6 Å². The first kappa shape index (κ1) is 15.5. The highest BCUT2D eigenvalue weighted by Crippen LogP contribution is 2.13. The number of hydrogen-bond donors (Lipinski definition) is 2. The minimum absolute atomic E-state index is 0.0845. The van der Waals surface area contributed by atoms with Crippen molar-refractivity contribution in [1.82, 2.24) is 10.3 Å². The molecule has 0 saturated heterocycles. The van der Waals surface area contributed by atoms with Crippen molar-refractivity contribution in [1.29, 1.82) is 0 Å². The number of carbonyl (C=O) groups is 1. The first-order valence-corrected chi connectivity index (χ1v) is 7.22. The number of anilines is 1. The first-order chi connectivity index (χ1) is 10.2. The van der Waals surface area contributed by atoms with Crippen LogP contribution in [0.5, 0.6) is 5.88 Å². The molecule has 1 heterocycles. The Kier molecular flexibility index (Phi) is 5.71. The number of rotatable bonds is 6. The third kappa shape index (κ3) is 5.17. The minimum Gasteiger partial charge on any atom is -0.481 e. The lowest BCUT2D eigenvalue weighted by molar-refractivity contribution is -0.115. The molecule has 5 nitrogen and oxygen atoms in total. The van der Waals surface area contributed by atoms with Gasteiger partial charge in [0.15, 0.2) is 0 Å². The van der Waals surface area contributed by atoms with E-state index < -0.39 is 0 Å². The lowest BCUT2D eigenvalue weighted by atomic mass is 10.3. The maximum absolute atomic E-state index is 11.8. The molecule has 0 radical (unpaired) electrons. The van der Waals surface area contributed by atoms with Crippen LogP contribution >= 0.6 is 15.9 Å². The van der Waals surface area contributed by atoms with Gasteiger partial charge in [-0.3, -0.25) is 4.79 Å². The van der Waals surface area contributed by atoms with Crippen molar-refractivity contribution in [2.75, 3.05) is 19.0 Å². The molecule has 2 aromatic rings. The number of ether oxygens (including phenoxy) is 1. The van der Waals surface area contributed by atoms with E-state index in [0.717, 1.165) is 15.7 Å². The van der Waals surface area contributed by atoms with Gasteiger partial charge in [0.05, 0.1) is 13.7 Å². The molecule has 1 amide bonds. The van der Waals surface area contributed by atoms with Crippen molar-refractivity contribution >= 4 is 27.5 Å². The van der Waals surface area contributed by atoms with Gasteiger partial charge in [0.25, 0.3) is 0 Å². The van der Waals surface area contributed by atoms with Crippen LogP contribution in [0.2, 0.25) is 0 Å². The van der Waals surface area contributed by atoms with Crippen molar-refractivity contribution in [3.63, 3.8) is 0 Å². The Labute approximate surface area is 131 Å². The smallest absolute Gasteiger partial charge is 0.238 e. The average molecular weight is 350 g/mol. The van der Waals surface area contributed by atoms with Crippen LogP contribution in [0.1, 0.15) is 5.56 Å². The van der Waals surface area contributed by atoms with Crippen molar-refractivity contribution in [2.45, 2.75) is 6.54 Å². The SMILES string of the molecule is COc1ccc(CNCC(=O)Nc2ccc(Br)cc2)cn1. The van der Waals surface area contributed by atoms with E-state index >= 15 is 0 Å². The van der Waals surface area contributed by atoms with E-state index in [0.29, 0.717) is 12.4 Å². The number of hydrogen-bond acceptors (Lipinski definition) is 4. The Morgan fingerprint density at radius 1 is 1.24 bits per heavy atom. The summed E-state index contributed by atoms with van der Waals surface area (Å²) in [5.74, 6) is 0.491. The summed E-state index contributed by atoms with van der Waals surface area (Å²) in [6, 6.07) is 11.1. The van der Waals surface area contributed by atoms with Crippen LogP contribution in [0, 0.1) is 0 Å². The van der Waals surface area contributed by atoms with Gasteiger partial charge in [-0.1, -0.05) is 22.0 Å². The maximum atomic E-state index is 11.8. The molecular formula is C15H16BrN3O2. The summed E-state index contributed by atoms with van der Waals surface area (Å²) in [7, 11) is 1.58. The first-order valence-electron chi connectivity index (χ1n) is 6.42. The Morgan fingerprint density at radius 3 is 2.62 bits per heavy atom. The fourth-order valence-electron chi connectivity index (χ4n) is 1.70. The second-order valence-corrected chi connectivity index (χ2v) is 5.28. The number of aromatic nitrogens is 1. The van der Waals surface area contributed by atoms with Crippen LogP contribution < -0.4 is 15.4 Å². The standard InChI is InChI=1S/C15H16BrN3O2/c1-21-15-7-2-11(9-18-15)8-17-10-14(20)19-13-5-3-12(16)4-6-13/h2-7,9,17H,8,10H2,1H3,(H,19,20). The predicted molar refractivity (Wildman–Crippen MR) is 85.3 cm³/mol. The molecule has 21 heavy (non-hydrogen) atoms. The van der Waals surface area contributed by atoms with Gasteiger partial charge in [0.2, 0.25) is 11.8 Å². The quantitative estimate of drug-likeness (QED) is 0.841. The number of amides is 1. The zero-order chi connectivity index (χ0) is 15.1. The van der Waals surface area contributed by atoms with Crippen molar-refractivity contribution in [2.24, 2.45) is 0 Å². The Bertz CT molecular complexity index is 585. The topological polar surface area (TPSA) is 63.2 Å². The molecule has 1 aromatic heterocycles. The number of carbonyl (C=O) groups excluding carboxylic acids is 1. The normalized spacial score (nSPS) is 10.2. The third-order valence-corrected chi connectivity index (χ3v) is 3.28. The molecule has 0 aliphatic carbocycles. The van der Waals surface area contributed by atoms with Gasteiger partial charge in [-0.25, -0.2) is 4.98 Å². The number of halogens is 1. The molecule has 0 aliphatic heterocycles. The molecule has 6 heteroatoms. The molecule has 0 spiro atoms. The van der Waals surface area contributed by atoms with Gasteiger partial charge in [-0.2, -0.15) is 0 Å². The number of nitrogens with one attached hydrogen (secondary N) is 2. The van der Waals surface area contributed by atoms with Crippen LogP contribution in [0.3, 0.4) is 0 Å². The second-order valence-electron chi connectivity index (χ2n) is 4.37. The van der Waals surface area contributed by atoms with Gasteiger partial charge in [0.1, 0.15) is 0 Å². The van der Waals surface area contributed by atoms with Crippen LogP contribution in [-0.2, 0) is 11.3 Å². The van der Waals surface area contributed by atoms with Crippen LogP contribution in [0.4, 0.5) is 5.69 Å². The van der Waals surface area contributed by atoms with E-state index in [1.54, 1.807) is 19.4 Å². The van der Waals surface area contributed by atoms with Crippen molar-refractivity contribution < 1.29 is 9.53 Å². The lowest BCUT2D eigenvalue weighted by Gasteiger charge is -2.07. The van der Waals surface area contributed by atoms with Crippen LogP contribution in [0.25, 0.3) is 0 Å². The van der Waals surface area contributed by atoms with E-state index in [1.807, 2.05) is 30.3 Å². The fourth-order valence-corrected chi connectivity index (χ4v) is 1.96. The Morgan fingerprint density at radius 2 is 2.00 bits per heavy atom. The highest BCUT2D eigenvalue weighted by Gasteiger charge is 2.02. The molecule has 110 valence electrons. The van der Waals surface area contributed by atoms with Crippen molar-refractivity contribution in [3.8, 4) is 5.88 Å². The van der Waals surface area contributed by atoms with E-state index in [1.165, 1.54) is 0 Å². The summed E-state index contributed by atoms with van der Waals surface area (Å²) in [6.07, 6.45) is 1.72. The molecule has 0 fully saturated rings. The predicted octanol–water partition coefficient (Wildman–Crippen LogP) is 2.58.